The number of hydrogen-bond donors (Lipinski definition) is 1. The van der Waals surface area contributed by atoms with Gasteiger partial charge in [-0.05, 0) is 44.7 Å². The van der Waals surface area contributed by atoms with E-state index >= 15 is 0 Å². The van der Waals surface area contributed by atoms with Gasteiger partial charge in [0.2, 0.25) is 0 Å². The molecule has 1 aromatic carbocycles. The summed E-state index contributed by atoms with van der Waals surface area (Å²) in [6, 6.07) is 7.67. The summed E-state index contributed by atoms with van der Waals surface area (Å²) in [6.07, 6.45) is 4.95. The number of piperidine rings is 1. The second-order valence-corrected chi connectivity index (χ2v) is 7.69. The summed E-state index contributed by atoms with van der Waals surface area (Å²) in [5.74, 6) is 2.52. The summed E-state index contributed by atoms with van der Waals surface area (Å²) in [5, 5.41) is 3.44. The number of aliphatic imine (C=N–C) groups is 1. The number of methoxy groups -OCH3 is 1. The Morgan fingerprint density at radius 2 is 2.03 bits per heavy atom. The van der Waals surface area contributed by atoms with E-state index in [1.165, 1.54) is 0 Å². The van der Waals surface area contributed by atoms with Crippen molar-refractivity contribution < 1.29 is 18.9 Å². The van der Waals surface area contributed by atoms with Gasteiger partial charge in [-0.15, -0.1) is 24.0 Å². The first-order valence-electron chi connectivity index (χ1n) is 10.7. The number of nitrogens with one attached hydrogen (secondary N) is 1. The van der Waals surface area contributed by atoms with Crippen molar-refractivity contribution >= 4 is 29.9 Å². The monoisotopic (exact) mass is 533 g/mol. The summed E-state index contributed by atoms with van der Waals surface area (Å²) >= 11 is 0. The molecule has 2 heterocycles. The van der Waals surface area contributed by atoms with E-state index in [0.717, 1.165) is 69.4 Å². The third kappa shape index (κ3) is 7.77. The lowest BCUT2D eigenvalue weighted by atomic mass is 10.1. The second-order valence-electron chi connectivity index (χ2n) is 7.69. The maximum Gasteiger partial charge on any atom is 0.193 e. The first kappa shape index (κ1) is 25.0. The van der Waals surface area contributed by atoms with Crippen LogP contribution in [0.3, 0.4) is 0 Å². The highest BCUT2D eigenvalue weighted by Gasteiger charge is 2.24. The Bertz CT molecular complexity index is 647. The van der Waals surface area contributed by atoms with Gasteiger partial charge in [-0.3, -0.25) is 4.99 Å². The third-order valence-electron chi connectivity index (χ3n) is 5.42. The van der Waals surface area contributed by atoms with Gasteiger partial charge in [0.05, 0.1) is 32.5 Å². The summed E-state index contributed by atoms with van der Waals surface area (Å²) in [4.78, 5) is 6.74. The maximum absolute atomic E-state index is 6.07. The van der Waals surface area contributed by atoms with Crippen molar-refractivity contribution in [1.29, 1.82) is 0 Å². The van der Waals surface area contributed by atoms with Crippen LogP contribution >= 0.6 is 24.0 Å². The molecule has 0 radical (unpaired) electrons. The number of rotatable bonds is 8. The Kier molecular flexibility index (Phi) is 11.0. The first-order valence-corrected chi connectivity index (χ1v) is 10.7. The molecule has 1 N–H and O–H groups in total. The molecule has 2 aliphatic rings. The number of guanidine groups is 1. The van der Waals surface area contributed by atoms with Crippen molar-refractivity contribution in [2.24, 2.45) is 4.99 Å². The minimum absolute atomic E-state index is 0. The van der Waals surface area contributed by atoms with Gasteiger partial charge in [0.25, 0.3) is 0 Å². The fraction of sp³-hybridized carbons (Fsp3) is 0.682. The van der Waals surface area contributed by atoms with Crippen LogP contribution in [0, 0.1) is 0 Å². The molecule has 2 saturated heterocycles. The molecule has 0 spiro atoms. The highest BCUT2D eigenvalue weighted by Crippen LogP contribution is 2.20. The average molecular weight is 533 g/mol. The number of halogens is 1. The van der Waals surface area contributed by atoms with Crippen LogP contribution in [-0.2, 0) is 9.47 Å². The normalized spacial score (nSPS) is 21.1. The molecule has 3 rings (SSSR count). The van der Waals surface area contributed by atoms with Gasteiger partial charge in [-0.2, -0.15) is 0 Å². The molecule has 0 aromatic heterocycles. The van der Waals surface area contributed by atoms with Crippen LogP contribution in [0.2, 0.25) is 0 Å². The molecular formula is C22H36IN3O4. The fourth-order valence-corrected chi connectivity index (χ4v) is 3.77. The molecule has 0 saturated carbocycles. The van der Waals surface area contributed by atoms with Crippen LogP contribution in [0.1, 0.15) is 32.6 Å². The fourth-order valence-electron chi connectivity index (χ4n) is 3.77. The van der Waals surface area contributed by atoms with E-state index < -0.39 is 0 Å². The predicted molar refractivity (Wildman–Crippen MR) is 129 cm³/mol. The average Bonchev–Trinajstić information content (AvgIpc) is 3.27. The van der Waals surface area contributed by atoms with Gasteiger partial charge in [0.1, 0.15) is 17.6 Å². The van der Waals surface area contributed by atoms with Gasteiger partial charge in [-0.1, -0.05) is 6.07 Å². The van der Waals surface area contributed by atoms with Crippen molar-refractivity contribution in [2.45, 2.75) is 50.9 Å². The molecule has 7 nitrogen and oxygen atoms in total. The van der Waals surface area contributed by atoms with Gasteiger partial charge >= 0.3 is 0 Å². The van der Waals surface area contributed by atoms with E-state index in [0.29, 0.717) is 18.8 Å². The van der Waals surface area contributed by atoms with Crippen molar-refractivity contribution in [3.05, 3.63) is 24.3 Å². The second kappa shape index (κ2) is 13.2. The lowest BCUT2D eigenvalue weighted by Gasteiger charge is -2.34. The molecule has 2 atom stereocenters. The topological polar surface area (TPSA) is 64.6 Å². The lowest BCUT2D eigenvalue weighted by molar-refractivity contribution is -0.0367. The highest BCUT2D eigenvalue weighted by atomic mass is 127. The summed E-state index contributed by atoms with van der Waals surface area (Å²) in [6.45, 7) is 6.23. The number of hydrogen-bond acceptors (Lipinski definition) is 5. The molecule has 8 heteroatoms. The zero-order valence-corrected chi connectivity index (χ0v) is 20.7. The first-order chi connectivity index (χ1) is 14.2. The van der Waals surface area contributed by atoms with Gasteiger partial charge in [0, 0.05) is 32.8 Å². The van der Waals surface area contributed by atoms with Crippen LogP contribution in [0.15, 0.2) is 29.3 Å². The smallest absolute Gasteiger partial charge is 0.193 e. The SMILES string of the molecule is CN=C(NCC(C)Oc1cccc(OC)c1)N1CCC(OCC2CCCO2)CC1.I. The number of nitrogens with zero attached hydrogens (tertiary/aromatic N) is 2. The van der Waals surface area contributed by atoms with Gasteiger partial charge in [0.15, 0.2) is 5.96 Å². The van der Waals surface area contributed by atoms with E-state index in [1.54, 1.807) is 7.11 Å². The maximum atomic E-state index is 6.07. The van der Waals surface area contributed by atoms with E-state index in [-0.39, 0.29) is 30.1 Å². The molecule has 170 valence electrons. The van der Waals surface area contributed by atoms with Gasteiger partial charge in [-0.25, -0.2) is 0 Å². The molecule has 0 amide bonds. The summed E-state index contributed by atoms with van der Waals surface area (Å²) in [7, 11) is 3.49. The molecule has 2 aliphatic heterocycles. The standard InChI is InChI=1S/C22H35N3O4.HI/c1-17(29-20-7-4-6-19(14-20)26-3)15-24-22(23-2)25-11-9-18(10-12-25)28-16-21-8-5-13-27-21;/h4,6-7,14,17-18,21H,5,8-13,15-16H2,1-3H3,(H,23,24);1H. The zero-order chi connectivity index (χ0) is 20.5. The minimum atomic E-state index is 0. The van der Waals surface area contributed by atoms with Crippen LogP contribution < -0.4 is 14.8 Å². The van der Waals surface area contributed by atoms with Gasteiger partial charge < -0.3 is 29.2 Å². The molecule has 1 aromatic rings. The molecule has 0 aliphatic carbocycles. The molecular weight excluding hydrogens is 497 g/mol. The minimum Gasteiger partial charge on any atom is -0.497 e. The number of ether oxygens (including phenoxy) is 4. The zero-order valence-electron chi connectivity index (χ0n) is 18.3. The predicted octanol–water partition coefficient (Wildman–Crippen LogP) is 3.32. The number of likely N-dealkylation sites (tertiary alicyclic amines) is 1. The van der Waals surface area contributed by atoms with Crippen molar-refractivity contribution in [3.8, 4) is 11.5 Å². The van der Waals surface area contributed by atoms with E-state index in [9.17, 15) is 0 Å². The Morgan fingerprint density at radius 1 is 1.27 bits per heavy atom. The summed E-state index contributed by atoms with van der Waals surface area (Å²) < 4.78 is 23.0. The van der Waals surface area contributed by atoms with Crippen molar-refractivity contribution in [3.63, 3.8) is 0 Å². The quantitative estimate of drug-likeness (QED) is 0.315. The third-order valence-corrected chi connectivity index (χ3v) is 5.42. The van der Waals surface area contributed by atoms with Crippen LogP contribution in [0.4, 0.5) is 0 Å². The Labute approximate surface area is 197 Å². The molecule has 2 fully saturated rings. The Balaban J connectivity index is 0.00000320. The highest BCUT2D eigenvalue weighted by molar-refractivity contribution is 14.0. The van der Waals surface area contributed by atoms with Crippen molar-refractivity contribution in [2.75, 3.05) is 47.0 Å². The van der Waals surface area contributed by atoms with E-state index in [1.807, 2.05) is 38.2 Å². The molecule has 0 bridgehead atoms. The largest absolute Gasteiger partial charge is 0.497 e. The van der Waals surface area contributed by atoms with Crippen LogP contribution in [0.25, 0.3) is 0 Å². The van der Waals surface area contributed by atoms with E-state index in [4.69, 9.17) is 18.9 Å². The summed E-state index contributed by atoms with van der Waals surface area (Å²) in [5.41, 5.74) is 0. The Hall–Kier alpha value is -1.26. The lowest BCUT2D eigenvalue weighted by Crippen LogP contribution is -2.49. The van der Waals surface area contributed by atoms with E-state index in [2.05, 4.69) is 15.2 Å². The molecule has 2 unspecified atom stereocenters. The van der Waals surface area contributed by atoms with Crippen LogP contribution in [0.5, 0.6) is 11.5 Å². The Morgan fingerprint density at radius 3 is 2.70 bits per heavy atom. The number of benzene rings is 1. The van der Waals surface area contributed by atoms with Crippen LogP contribution in [-0.4, -0.2) is 76.2 Å². The molecule has 30 heavy (non-hydrogen) atoms. The van der Waals surface area contributed by atoms with Crippen molar-refractivity contribution in [1.82, 2.24) is 10.2 Å².